The number of hydrogen-bond donors (Lipinski definition) is 2. The fourth-order valence-electron chi connectivity index (χ4n) is 2.90. The molecule has 0 aromatic carbocycles. The van der Waals surface area contributed by atoms with E-state index in [-0.39, 0.29) is 11.3 Å². The second kappa shape index (κ2) is 6.40. The van der Waals surface area contributed by atoms with Crippen LogP contribution in [0.1, 0.15) is 42.6 Å². The zero-order chi connectivity index (χ0) is 20.0. The normalized spacial score (nSPS) is 21.1. The van der Waals surface area contributed by atoms with Gasteiger partial charge in [-0.3, -0.25) is 14.4 Å². The van der Waals surface area contributed by atoms with Crippen LogP contribution >= 0.6 is 0 Å². The third-order valence-corrected chi connectivity index (χ3v) is 4.37. The number of nitrogens with zero attached hydrogens (tertiary/aromatic N) is 2. The molecule has 1 aliphatic rings. The average molecular weight is 375 g/mol. The maximum atomic E-state index is 13.1. The number of rotatable bonds is 2. The van der Waals surface area contributed by atoms with Gasteiger partial charge in [0, 0.05) is 18.5 Å². The summed E-state index contributed by atoms with van der Waals surface area (Å²) in [5, 5.41) is 9.03. The van der Waals surface area contributed by atoms with Gasteiger partial charge in [-0.2, -0.15) is 13.2 Å². The number of aryl methyl sites for hydroxylation is 1. The summed E-state index contributed by atoms with van der Waals surface area (Å²) < 4.78 is 39.2. The Morgan fingerprint density at radius 3 is 2.19 bits per heavy atom. The molecule has 0 saturated carbocycles. The summed E-state index contributed by atoms with van der Waals surface area (Å²) in [6.07, 6.45) is -4.76. The van der Waals surface area contributed by atoms with Crippen LogP contribution in [-0.4, -0.2) is 51.1 Å². The van der Waals surface area contributed by atoms with Crippen molar-refractivity contribution in [2.75, 3.05) is 13.1 Å². The highest BCUT2D eigenvalue weighted by Gasteiger charge is 2.53. The van der Waals surface area contributed by atoms with Crippen LogP contribution < -0.4 is 5.56 Å². The molecule has 2 atom stereocenters. The van der Waals surface area contributed by atoms with Gasteiger partial charge in [0.2, 0.25) is 0 Å². The highest BCUT2D eigenvalue weighted by molar-refractivity contribution is 5.95. The third-order valence-electron chi connectivity index (χ3n) is 4.37. The van der Waals surface area contributed by atoms with Crippen LogP contribution in [-0.2, 0) is 10.2 Å². The number of carbonyl (C=O) groups excluding carboxylic acids is 1. The highest BCUT2D eigenvalue weighted by Crippen LogP contribution is 2.38. The number of carboxylic acid groups (broad SMARTS) is 1. The first-order valence-corrected chi connectivity index (χ1v) is 7.93. The second-order valence-electron chi connectivity index (χ2n) is 7.43. The van der Waals surface area contributed by atoms with Crippen molar-refractivity contribution in [1.82, 2.24) is 14.9 Å². The molecule has 1 amide bonds. The summed E-state index contributed by atoms with van der Waals surface area (Å²) in [6.45, 7) is 5.41. The van der Waals surface area contributed by atoms with E-state index >= 15 is 0 Å². The molecule has 2 rings (SSSR count). The van der Waals surface area contributed by atoms with Crippen LogP contribution in [0.2, 0.25) is 0 Å². The summed E-state index contributed by atoms with van der Waals surface area (Å²) in [4.78, 5) is 43.5. The van der Waals surface area contributed by atoms with Crippen molar-refractivity contribution in [2.24, 2.45) is 11.8 Å². The van der Waals surface area contributed by atoms with E-state index in [1.54, 1.807) is 20.8 Å². The number of aliphatic carboxylic acids is 1. The summed E-state index contributed by atoms with van der Waals surface area (Å²) >= 11 is 0. The largest absolute Gasteiger partial charge is 0.481 e. The van der Waals surface area contributed by atoms with Crippen molar-refractivity contribution in [2.45, 2.75) is 39.3 Å². The SMILES string of the molecule is Cc1nc(C(C)(C)C)[nH]c(=O)c1C(=O)N1C[C@@H](C(F)(F)F)[C@H](C(=O)O)C1. The Hall–Kier alpha value is -2.39. The number of carbonyl (C=O) groups is 2. The lowest BCUT2D eigenvalue weighted by molar-refractivity contribution is -0.187. The number of likely N-dealkylation sites (tertiary alicyclic amines) is 1. The number of aromatic amines is 1. The number of halogens is 3. The Labute approximate surface area is 147 Å². The van der Waals surface area contributed by atoms with Crippen LogP contribution in [0.15, 0.2) is 4.79 Å². The molecule has 144 valence electrons. The van der Waals surface area contributed by atoms with E-state index in [2.05, 4.69) is 9.97 Å². The molecule has 2 N–H and O–H groups in total. The molecule has 0 spiro atoms. The first-order valence-electron chi connectivity index (χ1n) is 7.93. The van der Waals surface area contributed by atoms with E-state index in [9.17, 15) is 27.6 Å². The van der Waals surface area contributed by atoms with Gasteiger partial charge in [-0.25, -0.2) is 4.98 Å². The van der Waals surface area contributed by atoms with E-state index in [4.69, 9.17) is 5.11 Å². The summed E-state index contributed by atoms with van der Waals surface area (Å²) in [5.74, 6) is -6.18. The minimum atomic E-state index is -4.76. The Morgan fingerprint density at radius 2 is 1.81 bits per heavy atom. The van der Waals surface area contributed by atoms with E-state index < -0.39 is 54.0 Å². The molecule has 0 aliphatic carbocycles. The molecule has 1 aromatic rings. The Kier molecular flexibility index (Phi) is 4.91. The van der Waals surface area contributed by atoms with Crippen molar-refractivity contribution < 1.29 is 27.9 Å². The van der Waals surface area contributed by atoms with Crippen LogP contribution in [0.3, 0.4) is 0 Å². The molecular weight excluding hydrogens is 355 g/mol. The van der Waals surface area contributed by atoms with Gasteiger partial charge >= 0.3 is 12.1 Å². The van der Waals surface area contributed by atoms with Gasteiger partial charge in [-0.15, -0.1) is 0 Å². The highest BCUT2D eigenvalue weighted by atomic mass is 19.4. The van der Waals surface area contributed by atoms with Gasteiger partial charge < -0.3 is 15.0 Å². The lowest BCUT2D eigenvalue weighted by Crippen LogP contribution is -2.37. The fourth-order valence-corrected chi connectivity index (χ4v) is 2.90. The smallest absolute Gasteiger partial charge is 0.394 e. The molecule has 2 heterocycles. The van der Waals surface area contributed by atoms with Crippen molar-refractivity contribution in [3.63, 3.8) is 0 Å². The molecule has 1 saturated heterocycles. The molecule has 0 unspecified atom stereocenters. The second-order valence-corrected chi connectivity index (χ2v) is 7.43. The quantitative estimate of drug-likeness (QED) is 0.819. The van der Waals surface area contributed by atoms with Gasteiger partial charge in [0.05, 0.1) is 17.5 Å². The number of carboxylic acids is 1. The van der Waals surface area contributed by atoms with E-state index in [0.717, 1.165) is 4.90 Å². The topological polar surface area (TPSA) is 103 Å². The minimum absolute atomic E-state index is 0.0889. The molecule has 1 aliphatic heterocycles. The Balaban J connectivity index is 2.39. The zero-order valence-electron chi connectivity index (χ0n) is 14.8. The predicted octanol–water partition coefficient (Wildman–Crippen LogP) is 1.71. The number of H-pyrrole nitrogens is 1. The van der Waals surface area contributed by atoms with Gasteiger partial charge in [-0.1, -0.05) is 20.8 Å². The van der Waals surface area contributed by atoms with Gasteiger partial charge in [0.15, 0.2) is 0 Å². The van der Waals surface area contributed by atoms with E-state index in [1.807, 2.05) is 0 Å². The third kappa shape index (κ3) is 3.73. The maximum absolute atomic E-state index is 13.1. The number of aromatic nitrogens is 2. The maximum Gasteiger partial charge on any atom is 0.394 e. The molecule has 1 fully saturated rings. The monoisotopic (exact) mass is 375 g/mol. The number of nitrogens with one attached hydrogen (secondary N) is 1. The van der Waals surface area contributed by atoms with Gasteiger partial charge in [-0.05, 0) is 6.92 Å². The van der Waals surface area contributed by atoms with E-state index in [0.29, 0.717) is 5.82 Å². The summed E-state index contributed by atoms with van der Waals surface area (Å²) in [7, 11) is 0. The Morgan fingerprint density at radius 1 is 1.23 bits per heavy atom. The molecular formula is C16H20F3N3O4. The van der Waals surface area contributed by atoms with Crippen molar-refractivity contribution in [3.05, 3.63) is 27.4 Å². The zero-order valence-corrected chi connectivity index (χ0v) is 14.8. The molecule has 1 aromatic heterocycles. The molecule has 0 radical (unpaired) electrons. The lowest BCUT2D eigenvalue weighted by atomic mass is 9.95. The number of amides is 1. The number of hydrogen-bond acceptors (Lipinski definition) is 4. The van der Waals surface area contributed by atoms with Crippen molar-refractivity contribution in [3.8, 4) is 0 Å². The summed E-state index contributed by atoms with van der Waals surface area (Å²) in [6, 6.07) is 0. The van der Waals surface area contributed by atoms with Crippen molar-refractivity contribution in [1.29, 1.82) is 0 Å². The fraction of sp³-hybridized carbons (Fsp3) is 0.625. The first-order chi connectivity index (χ1) is 11.7. The Bertz CT molecular complexity index is 795. The number of alkyl halides is 3. The van der Waals surface area contributed by atoms with Crippen LogP contribution in [0.25, 0.3) is 0 Å². The van der Waals surface area contributed by atoms with Gasteiger partial charge in [0.25, 0.3) is 11.5 Å². The standard InChI is InChI=1S/C16H20F3N3O4/c1-7-10(11(23)21-14(20-7)15(2,3)4)12(24)22-5-8(13(25)26)9(6-22)16(17,18)19/h8-9H,5-6H2,1-4H3,(H,25,26)(H,20,21,23)/t8-,9-/m1/s1. The molecule has 7 nitrogen and oxygen atoms in total. The predicted molar refractivity (Wildman–Crippen MR) is 84.9 cm³/mol. The minimum Gasteiger partial charge on any atom is -0.481 e. The van der Waals surface area contributed by atoms with Crippen LogP contribution in [0.5, 0.6) is 0 Å². The molecule has 10 heteroatoms. The lowest BCUT2D eigenvalue weighted by Gasteiger charge is -2.20. The average Bonchev–Trinajstić information content (AvgIpc) is 2.90. The van der Waals surface area contributed by atoms with E-state index in [1.165, 1.54) is 6.92 Å². The van der Waals surface area contributed by atoms with Crippen LogP contribution in [0, 0.1) is 18.8 Å². The first kappa shape index (κ1) is 19.9. The molecule has 0 bridgehead atoms. The molecule has 26 heavy (non-hydrogen) atoms. The van der Waals surface area contributed by atoms with Crippen molar-refractivity contribution >= 4 is 11.9 Å². The van der Waals surface area contributed by atoms with Crippen LogP contribution in [0.4, 0.5) is 13.2 Å². The van der Waals surface area contributed by atoms with Gasteiger partial charge in [0.1, 0.15) is 11.4 Å². The summed E-state index contributed by atoms with van der Waals surface area (Å²) in [5.41, 5.74) is -1.53.